The summed E-state index contributed by atoms with van der Waals surface area (Å²) < 4.78 is 5.47. The average molecular weight is 276 g/mol. The Kier molecular flexibility index (Phi) is 5.58. The number of piperidine rings is 1. The molecule has 0 saturated carbocycles. The van der Waals surface area contributed by atoms with Gasteiger partial charge in [0.05, 0.1) is 6.10 Å². The zero-order chi connectivity index (χ0) is 14.5. The Morgan fingerprint density at radius 1 is 1.15 bits per heavy atom. The molecule has 1 aliphatic heterocycles. The molecule has 1 heterocycles. The van der Waals surface area contributed by atoms with Crippen LogP contribution < -0.4 is 5.73 Å². The van der Waals surface area contributed by atoms with Crippen molar-refractivity contribution >= 4 is 0 Å². The number of hydrogen-bond donors (Lipinski definition) is 1. The van der Waals surface area contributed by atoms with Crippen LogP contribution in [0.1, 0.15) is 38.3 Å². The van der Waals surface area contributed by atoms with Gasteiger partial charge in [-0.05, 0) is 24.3 Å². The Labute approximate surface area is 123 Å². The van der Waals surface area contributed by atoms with E-state index in [9.17, 15) is 0 Å². The van der Waals surface area contributed by atoms with Gasteiger partial charge in [-0.25, -0.2) is 0 Å². The van der Waals surface area contributed by atoms with E-state index in [1.54, 1.807) is 0 Å². The fourth-order valence-electron chi connectivity index (χ4n) is 3.35. The number of likely N-dealkylation sites (tertiary alicyclic amines) is 1. The van der Waals surface area contributed by atoms with Gasteiger partial charge in [0.15, 0.2) is 0 Å². The predicted molar refractivity (Wildman–Crippen MR) is 83.6 cm³/mol. The first kappa shape index (κ1) is 15.5. The van der Waals surface area contributed by atoms with Gasteiger partial charge in [-0.1, -0.05) is 44.2 Å². The van der Waals surface area contributed by atoms with Crippen LogP contribution in [0.4, 0.5) is 0 Å². The van der Waals surface area contributed by atoms with Crippen LogP contribution in [0.5, 0.6) is 0 Å². The minimum atomic E-state index is 0.0790. The third kappa shape index (κ3) is 3.60. The average Bonchev–Trinajstić information content (AvgIpc) is 2.48. The monoisotopic (exact) mass is 276 g/mol. The highest BCUT2D eigenvalue weighted by molar-refractivity contribution is 5.20. The van der Waals surface area contributed by atoms with Crippen LogP contribution in [0.3, 0.4) is 0 Å². The molecule has 1 fully saturated rings. The second-order valence-electron chi connectivity index (χ2n) is 6.14. The first-order chi connectivity index (χ1) is 9.63. The molecular formula is C17H28N2O. The Hall–Kier alpha value is -0.900. The zero-order valence-corrected chi connectivity index (χ0v) is 13.0. The second-order valence-corrected chi connectivity index (χ2v) is 6.14. The number of nitrogens with zero attached hydrogens (tertiary/aromatic N) is 1. The quantitative estimate of drug-likeness (QED) is 0.898. The third-order valence-electron chi connectivity index (χ3n) is 4.47. The molecule has 0 radical (unpaired) electrons. The van der Waals surface area contributed by atoms with Crippen molar-refractivity contribution in [2.24, 2.45) is 11.7 Å². The number of hydrogen-bond acceptors (Lipinski definition) is 3. The van der Waals surface area contributed by atoms with Crippen molar-refractivity contribution in [1.82, 2.24) is 4.90 Å². The molecule has 2 N–H and O–H groups in total. The lowest BCUT2D eigenvalue weighted by Gasteiger charge is -2.42. The minimum absolute atomic E-state index is 0.0790. The van der Waals surface area contributed by atoms with Gasteiger partial charge in [0.2, 0.25) is 0 Å². The molecule has 0 aliphatic carbocycles. The third-order valence-corrected chi connectivity index (χ3v) is 4.47. The smallest absolute Gasteiger partial charge is 0.0595 e. The number of rotatable bonds is 5. The van der Waals surface area contributed by atoms with E-state index in [0.29, 0.717) is 18.1 Å². The van der Waals surface area contributed by atoms with E-state index in [0.717, 1.165) is 25.9 Å². The van der Waals surface area contributed by atoms with Crippen LogP contribution in [0, 0.1) is 5.92 Å². The molecule has 1 aromatic carbocycles. The summed E-state index contributed by atoms with van der Waals surface area (Å²) in [7, 11) is 1.82. The number of methoxy groups -OCH3 is 1. The van der Waals surface area contributed by atoms with E-state index in [2.05, 4.69) is 43.0 Å². The van der Waals surface area contributed by atoms with Crippen molar-refractivity contribution in [1.29, 1.82) is 0 Å². The van der Waals surface area contributed by atoms with E-state index in [1.807, 2.05) is 13.2 Å². The van der Waals surface area contributed by atoms with Crippen LogP contribution in [0.15, 0.2) is 30.3 Å². The molecule has 1 aromatic rings. The number of nitrogens with two attached hydrogens (primary N) is 1. The van der Waals surface area contributed by atoms with E-state index in [-0.39, 0.29) is 6.04 Å². The molecule has 1 aliphatic rings. The summed E-state index contributed by atoms with van der Waals surface area (Å²) in [5.74, 6) is 0.546. The van der Waals surface area contributed by atoms with Gasteiger partial charge >= 0.3 is 0 Å². The Morgan fingerprint density at radius 2 is 1.75 bits per heavy atom. The molecule has 112 valence electrons. The summed E-state index contributed by atoms with van der Waals surface area (Å²) in [6.45, 7) is 6.72. The maximum absolute atomic E-state index is 6.57. The molecule has 0 bridgehead atoms. The summed E-state index contributed by atoms with van der Waals surface area (Å²) >= 11 is 0. The van der Waals surface area contributed by atoms with Gasteiger partial charge in [0, 0.05) is 32.3 Å². The van der Waals surface area contributed by atoms with Crippen LogP contribution in [0.25, 0.3) is 0 Å². The van der Waals surface area contributed by atoms with Gasteiger partial charge in [-0.3, -0.25) is 4.90 Å². The molecule has 2 atom stereocenters. The highest BCUT2D eigenvalue weighted by Crippen LogP contribution is 2.27. The Balaban J connectivity index is 2.08. The standard InChI is InChI=1S/C17H28N2O/c1-13(2)17(16(18)14-7-5-4-6-8-14)19-11-9-15(20-3)10-12-19/h4-8,13,15-17H,9-12,18H2,1-3H3. The summed E-state index contributed by atoms with van der Waals surface area (Å²) in [4.78, 5) is 2.55. The van der Waals surface area contributed by atoms with Crippen LogP contribution in [-0.4, -0.2) is 37.2 Å². The summed E-state index contributed by atoms with van der Waals surface area (Å²) in [6.07, 6.45) is 2.65. The second kappa shape index (κ2) is 7.21. The molecule has 3 nitrogen and oxygen atoms in total. The normalized spacial score (nSPS) is 21.1. The summed E-state index contributed by atoms with van der Waals surface area (Å²) in [5, 5.41) is 0. The molecule has 2 rings (SSSR count). The summed E-state index contributed by atoms with van der Waals surface area (Å²) in [6, 6.07) is 11.0. The lowest BCUT2D eigenvalue weighted by atomic mass is 9.89. The lowest BCUT2D eigenvalue weighted by Crippen LogP contribution is -2.50. The molecule has 0 spiro atoms. The molecule has 20 heavy (non-hydrogen) atoms. The molecule has 0 aromatic heterocycles. The number of ether oxygens (including phenoxy) is 1. The van der Waals surface area contributed by atoms with Crippen molar-refractivity contribution in [2.45, 2.75) is 44.9 Å². The largest absolute Gasteiger partial charge is 0.381 e. The van der Waals surface area contributed by atoms with Gasteiger partial charge in [0.25, 0.3) is 0 Å². The fraction of sp³-hybridized carbons (Fsp3) is 0.647. The highest BCUT2D eigenvalue weighted by Gasteiger charge is 2.31. The first-order valence-corrected chi connectivity index (χ1v) is 7.71. The van der Waals surface area contributed by atoms with E-state index >= 15 is 0 Å². The van der Waals surface area contributed by atoms with E-state index in [4.69, 9.17) is 10.5 Å². The molecule has 2 unspecified atom stereocenters. The van der Waals surface area contributed by atoms with Crippen LogP contribution >= 0.6 is 0 Å². The first-order valence-electron chi connectivity index (χ1n) is 7.71. The maximum atomic E-state index is 6.57. The maximum Gasteiger partial charge on any atom is 0.0595 e. The Bertz CT molecular complexity index is 385. The topological polar surface area (TPSA) is 38.5 Å². The van der Waals surface area contributed by atoms with Crippen molar-refractivity contribution in [2.75, 3.05) is 20.2 Å². The van der Waals surface area contributed by atoms with Crippen molar-refractivity contribution in [3.63, 3.8) is 0 Å². The van der Waals surface area contributed by atoms with Gasteiger partial charge in [-0.15, -0.1) is 0 Å². The van der Waals surface area contributed by atoms with Gasteiger partial charge in [-0.2, -0.15) is 0 Å². The summed E-state index contributed by atoms with van der Waals surface area (Å²) in [5.41, 5.74) is 7.80. The molecule has 1 saturated heterocycles. The van der Waals surface area contributed by atoms with Crippen molar-refractivity contribution in [3.05, 3.63) is 35.9 Å². The van der Waals surface area contributed by atoms with Crippen LogP contribution in [0.2, 0.25) is 0 Å². The van der Waals surface area contributed by atoms with Gasteiger partial charge < -0.3 is 10.5 Å². The SMILES string of the molecule is COC1CCN(C(C(C)C)C(N)c2ccccc2)CC1. The molecular weight excluding hydrogens is 248 g/mol. The van der Waals surface area contributed by atoms with Crippen LogP contribution in [-0.2, 0) is 4.74 Å². The van der Waals surface area contributed by atoms with E-state index in [1.165, 1.54) is 5.56 Å². The fourth-order valence-corrected chi connectivity index (χ4v) is 3.35. The van der Waals surface area contributed by atoms with E-state index < -0.39 is 0 Å². The lowest BCUT2D eigenvalue weighted by molar-refractivity contribution is 0.0137. The predicted octanol–water partition coefficient (Wildman–Crippen LogP) is 2.82. The zero-order valence-electron chi connectivity index (χ0n) is 13.0. The number of benzene rings is 1. The van der Waals surface area contributed by atoms with Crippen molar-refractivity contribution < 1.29 is 4.74 Å². The molecule has 0 amide bonds. The molecule has 3 heteroatoms. The van der Waals surface area contributed by atoms with Crippen molar-refractivity contribution in [3.8, 4) is 0 Å². The minimum Gasteiger partial charge on any atom is -0.381 e. The van der Waals surface area contributed by atoms with Gasteiger partial charge in [0.1, 0.15) is 0 Å². The highest BCUT2D eigenvalue weighted by atomic mass is 16.5. The Morgan fingerprint density at radius 3 is 2.25 bits per heavy atom.